The largest absolute Gasteiger partial charge is 0.496 e. The molecule has 0 aliphatic carbocycles. The molecule has 2 rings (SSSR count). The molecule has 1 aliphatic rings. The van der Waals surface area contributed by atoms with Crippen LogP contribution in [0.3, 0.4) is 0 Å². The highest BCUT2D eigenvalue weighted by Crippen LogP contribution is 2.34. The van der Waals surface area contributed by atoms with Gasteiger partial charge in [0.2, 0.25) is 0 Å². The summed E-state index contributed by atoms with van der Waals surface area (Å²) in [5.41, 5.74) is 0.430. The van der Waals surface area contributed by atoms with E-state index in [-0.39, 0.29) is 12.2 Å². The van der Waals surface area contributed by atoms with Crippen LogP contribution in [0.15, 0.2) is 18.2 Å². The number of hydrogen-bond donors (Lipinski definition) is 0. The van der Waals surface area contributed by atoms with Crippen LogP contribution in [0.5, 0.6) is 5.75 Å². The van der Waals surface area contributed by atoms with E-state index in [9.17, 15) is 9.59 Å². The molecule has 0 unspecified atom stereocenters. The lowest BCUT2D eigenvalue weighted by molar-refractivity contribution is 0.0577. The summed E-state index contributed by atoms with van der Waals surface area (Å²) >= 11 is 0. The first-order valence-electron chi connectivity index (χ1n) is 6.54. The molecule has 0 spiro atoms. The first-order valence-corrected chi connectivity index (χ1v) is 6.54. The topological polar surface area (TPSA) is 55.8 Å². The van der Waals surface area contributed by atoms with Crippen LogP contribution in [0.4, 0.5) is 10.5 Å². The smallest absolute Gasteiger partial charge is 0.414 e. The van der Waals surface area contributed by atoms with Crippen molar-refractivity contribution >= 4 is 17.6 Å². The van der Waals surface area contributed by atoms with E-state index >= 15 is 0 Å². The third kappa shape index (κ3) is 2.76. The Balaban J connectivity index is 2.39. The maximum atomic E-state index is 12.2. The molecule has 1 heterocycles. The van der Waals surface area contributed by atoms with Gasteiger partial charge in [0.05, 0.1) is 18.4 Å². The number of nitrogens with zero attached hydrogens (tertiary/aromatic N) is 1. The molecule has 1 aromatic rings. The average molecular weight is 277 g/mol. The van der Waals surface area contributed by atoms with Crippen molar-refractivity contribution in [2.24, 2.45) is 0 Å². The van der Waals surface area contributed by atoms with Crippen molar-refractivity contribution in [3.8, 4) is 5.75 Å². The number of carbonyl (C=O) groups is 2. The summed E-state index contributed by atoms with van der Waals surface area (Å²) in [5, 5.41) is 0. The number of carbonyl (C=O) groups excluding carboxylic acids is 2. The molecule has 0 fully saturated rings. The minimum absolute atomic E-state index is 0.0164. The van der Waals surface area contributed by atoms with Gasteiger partial charge in [-0.1, -0.05) is 6.07 Å². The summed E-state index contributed by atoms with van der Waals surface area (Å²) in [6.07, 6.45) is -0.174. The van der Waals surface area contributed by atoms with Gasteiger partial charge in [0.25, 0.3) is 0 Å². The fourth-order valence-corrected chi connectivity index (χ4v) is 2.16. The number of ketones is 1. The molecule has 0 saturated carbocycles. The lowest BCUT2D eigenvalue weighted by Gasteiger charge is -2.31. The second-order valence-corrected chi connectivity index (χ2v) is 5.66. The summed E-state index contributed by atoms with van der Waals surface area (Å²) in [7, 11) is 1.51. The predicted octanol–water partition coefficient (Wildman–Crippen LogP) is 3.02. The first-order chi connectivity index (χ1) is 9.33. The molecule has 108 valence electrons. The Bertz CT molecular complexity index is 545. The van der Waals surface area contributed by atoms with Crippen LogP contribution in [0.25, 0.3) is 0 Å². The van der Waals surface area contributed by atoms with Gasteiger partial charge in [0, 0.05) is 13.0 Å². The zero-order valence-corrected chi connectivity index (χ0v) is 12.2. The fourth-order valence-electron chi connectivity index (χ4n) is 2.16. The number of ether oxygens (including phenoxy) is 2. The number of amides is 1. The summed E-state index contributed by atoms with van der Waals surface area (Å²) in [4.78, 5) is 25.8. The van der Waals surface area contributed by atoms with E-state index in [1.54, 1.807) is 18.2 Å². The number of Topliss-reactive ketones (excluding diaryl/α,β-unsaturated/α-hetero) is 1. The third-order valence-corrected chi connectivity index (χ3v) is 2.97. The Morgan fingerprint density at radius 3 is 2.60 bits per heavy atom. The first kappa shape index (κ1) is 14.4. The monoisotopic (exact) mass is 277 g/mol. The molecule has 5 heteroatoms. The SMILES string of the molecule is COc1cccc2c1C(=O)CCN2C(=O)OC(C)(C)C. The highest BCUT2D eigenvalue weighted by Gasteiger charge is 2.32. The van der Waals surface area contributed by atoms with Crippen molar-refractivity contribution < 1.29 is 19.1 Å². The molecule has 0 saturated heterocycles. The summed E-state index contributed by atoms with van der Waals surface area (Å²) in [6.45, 7) is 5.76. The van der Waals surface area contributed by atoms with Gasteiger partial charge in [-0.15, -0.1) is 0 Å². The van der Waals surface area contributed by atoms with Gasteiger partial charge in [-0.2, -0.15) is 0 Å². The highest BCUT2D eigenvalue weighted by molar-refractivity contribution is 6.09. The van der Waals surface area contributed by atoms with Crippen LogP contribution in [0.1, 0.15) is 37.6 Å². The van der Waals surface area contributed by atoms with E-state index < -0.39 is 11.7 Å². The molecule has 5 nitrogen and oxygen atoms in total. The van der Waals surface area contributed by atoms with Crippen molar-refractivity contribution in [2.45, 2.75) is 32.8 Å². The highest BCUT2D eigenvalue weighted by atomic mass is 16.6. The minimum atomic E-state index is -0.572. The van der Waals surface area contributed by atoms with E-state index in [4.69, 9.17) is 9.47 Å². The van der Waals surface area contributed by atoms with Crippen LogP contribution in [0, 0.1) is 0 Å². The van der Waals surface area contributed by atoms with Crippen molar-refractivity contribution in [3.63, 3.8) is 0 Å². The lowest BCUT2D eigenvalue weighted by atomic mass is 9.99. The van der Waals surface area contributed by atoms with Crippen LogP contribution < -0.4 is 9.64 Å². The van der Waals surface area contributed by atoms with Gasteiger partial charge in [-0.3, -0.25) is 9.69 Å². The Kier molecular flexibility index (Phi) is 3.70. The molecule has 0 N–H and O–H groups in total. The maximum absolute atomic E-state index is 12.2. The number of fused-ring (bicyclic) bond motifs is 1. The molecule has 0 bridgehead atoms. The molecule has 1 aromatic carbocycles. The van der Waals surface area contributed by atoms with Crippen LogP contribution >= 0.6 is 0 Å². The van der Waals surface area contributed by atoms with E-state index in [0.717, 1.165) is 0 Å². The van der Waals surface area contributed by atoms with Gasteiger partial charge in [-0.25, -0.2) is 4.79 Å². The molecule has 1 amide bonds. The Morgan fingerprint density at radius 2 is 2.00 bits per heavy atom. The second kappa shape index (κ2) is 5.15. The van der Waals surface area contributed by atoms with Crippen LogP contribution in [0.2, 0.25) is 0 Å². The second-order valence-electron chi connectivity index (χ2n) is 5.66. The zero-order valence-electron chi connectivity index (χ0n) is 12.2. The number of anilines is 1. The van der Waals surface area contributed by atoms with E-state index in [1.165, 1.54) is 12.0 Å². The minimum Gasteiger partial charge on any atom is -0.496 e. The van der Waals surface area contributed by atoms with Crippen LogP contribution in [-0.2, 0) is 4.74 Å². The predicted molar refractivity (Wildman–Crippen MR) is 75.5 cm³/mol. The molecule has 0 aromatic heterocycles. The van der Waals surface area contributed by atoms with Crippen molar-refractivity contribution in [2.75, 3.05) is 18.6 Å². The van der Waals surface area contributed by atoms with Gasteiger partial charge in [0.15, 0.2) is 5.78 Å². The van der Waals surface area contributed by atoms with E-state index in [1.807, 2.05) is 20.8 Å². The Morgan fingerprint density at radius 1 is 1.30 bits per heavy atom. The Hall–Kier alpha value is -2.04. The van der Waals surface area contributed by atoms with Crippen molar-refractivity contribution in [1.29, 1.82) is 0 Å². The van der Waals surface area contributed by atoms with Gasteiger partial charge >= 0.3 is 6.09 Å². The van der Waals surface area contributed by atoms with Gasteiger partial charge < -0.3 is 9.47 Å². The summed E-state index contributed by atoms with van der Waals surface area (Å²) < 4.78 is 10.6. The molecule has 0 atom stereocenters. The maximum Gasteiger partial charge on any atom is 0.414 e. The molecule has 1 aliphatic heterocycles. The number of methoxy groups -OCH3 is 1. The molecular weight excluding hydrogens is 258 g/mol. The van der Waals surface area contributed by atoms with E-state index in [2.05, 4.69) is 0 Å². The normalized spacial score (nSPS) is 14.8. The molecular formula is C15H19NO4. The molecule has 20 heavy (non-hydrogen) atoms. The van der Waals surface area contributed by atoms with E-state index in [0.29, 0.717) is 23.5 Å². The average Bonchev–Trinajstić information content (AvgIpc) is 2.36. The van der Waals surface area contributed by atoms with Crippen LogP contribution in [-0.4, -0.2) is 31.1 Å². The van der Waals surface area contributed by atoms with Crippen molar-refractivity contribution in [1.82, 2.24) is 0 Å². The zero-order chi connectivity index (χ0) is 14.9. The third-order valence-electron chi connectivity index (χ3n) is 2.97. The fraction of sp³-hybridized carbons (Fsp3) is 0.467. The van der Waals surface area contributed by atoms with Gasteiger partial charge in [-0.05, 0) is 32.9 Å². The standard InChI is InChI=1S/C15H19NO4/c1-15(2,3)20-14(18)16-9-8-11(17)13-10(16)6-5-7-12(13)19-4/h5-7H,8-9H2,1-4H3. The number of hydrogen-bond acceptors (Lipinski definition) is 4. The van der Waals surface area contributed by atoms with Crippen molar-refractivity contribution in [3.05, 3.63) is 23.8 Å². The van der Waals surface area contributed by atoms with Gasteiger partial charge in [0.1, 0.15) is 11.4 Å². The number of benzene rings is 1. The quantitative estimate of drug-likeness (QED) is 0.791. The Labute approximate surface area is 118 Å². The molecule has 0 radical (unpaired) electrons. The summed E-state index contributed by atoms with van der Waals surface area (Å²) in [6, 6.07) is 5.21. The lowest BCUT2D eigenvalue weighted by Crippen LogP contribution is -2.41. The number of rotatable bonds is 1. The summed E-state index contributed by atoms with van der Waals surface area (Å²) in [5.74, 6) is 0.470.